The molecule has 0 aliphatic rings. The van der Waals surface area contributed by atoms with Crippen molar-refractivity contribution in [3.63, 3.8) is 0 Å². The van der Waals surface area contributed by atoms with E-state index in [9.17, 15) is 10.1 Å². The normalized spacial score (nSPS) is 10.8. The molecule has 0 radical (unpaired) electrons. The first-order valence-electron chi connectivity index (χ1n) is 7.94. The highest BCUT2D eigenvalue weighted by molar-refractivity contribution is 7.99. The Hall–Kier alpha value is -3.31. The van der Waals surface area contributed by atoms with E-state index < -0.39 is 4.92 Å². The van der Waals surface area contributed by atoms with E-state index in [0.29, 0.717) is 21.9 Å². The molecule has 11 heteroatoms. The summed E-state index contributed by atoms with van der Waals surface area (Å²) in [4.78, 5) is 19.3. The predicted molar refractivity (Wildman–Crippen MR) is 104 cm³/mol. The van der Waals surface area contributed by atoms with E-state index in [4.69, 9.17) is 4.74 Å². The average molecular weight is 412 g/mol. The number of rotatable bonds is 6. The van der Waals surface area contributed by atoms with Crippen molar-refractivity contribution in [3.05, 3.63) is 64.3 Å². The number of hydrogen-bond donors (Lipinski definition) is 0. The Balaban J connectivity index is 1.80. The summed E-state index contributed by atoms with van der Waals surface area (Å²) in [5.41, 5.74) is 0.595. The average Bonchev–Trinajstić information content (AvgIpc) is 3.38. The van der Waals surface area contributed by atoms with Crippen molar-refractivity contribution in [2.45, 2.75) is 10.3 Å². The first-order valence-corrected chi connectivity index (χ1v) is 9.64. The summed E-state index contributed by atoms with van der Waals surface area (Å²) < 4.78 is 7.36. The maximum absolute atomic E-state index is 10.8. The molecule has 1 aromatic carbocycles. The molecule has 4 aromatic rings. The summed E-state index contributed by atoms with van der Waals surface area (Å²) in [5, 5.41) is 22.2. The van der Waals surface area contributed by atoms with Gasteiger partial charge in [0, 0.05) is 0 Å². The number of hydrogen-bond acceptors (Lipinski definition) is 9. The standard InChI is InChI=1S/C17H12N6O3S2/c1-26-13-6-3-2-5-12(13)22-15(14-7-4-8-27-14)20-21-17(22)28-16-18-9-11(10-19-16)23(24)25/h2-10H,1H3. The zero-order valence-electron chi connectivity index (χ0n) is 14.4. The maximum atomic E-state index is 10.8. The van der Waals surface area contributed by atoms with Crippen molar-refractivity contribution in [3.8, 4) is 22.1 Å². The molecule has 140 valence electrons. The van der Waals surface area contributed by atoms with Crippen LogP contribution in [-0.4, -0.2) is 36.8 Å². The van der Waals surface area contributed by atoms with Crippen LogP contribution in [0.1, 0.15) is 0 Å². The third kappa shape index (κ3) is 3.44. The van der Waals surface area contributed by atoms with Gasteiger partial charge in [-0.2, -0.15) is 0 Å². The number of thiophene rings is 1. The Morgan fingerprint density at radius 2 is 1.93 bits per heavy atom. The number of ether oxygens (including phenoxy) is 1. The summed E-state index contributed by atoms with van der Waals surface area (Å²) in [6.45, 7) is 0. The molecule has 28 heavy (non-hydrogen) atoms. The monoisotopic (exact) mass is 412 g/mol. The van der Waals surface area contributed by atoms with Crippen LogP contribution in [0.3, 0.4) is 0 Å². The summed E-state index contributed by atoms with van der Waals surface area (Å²) in [7, 11) is 1.60. The van der Waals surface area contributed by atoms with Crippen LogP contribution in [0, 0.1) is 10.1 Å². The van der Waals surface area contributed by atoms with E-state index >= 15 is 0 Å². The molecule has 9 nitrogen and oxygen atoms in total. The first kappa shape index (κ1) is 18.1. The molecule has 3 heterocycles. The van der Waals surface area contributed by atoms with Gasteiger partial charge in [-0.1, -0.05) is 18.2 Å². The lowest BCUT2D eigenvalue weighted by molar-refractivity contribution is -0.385. The van der Waals surface area contributed by atoms with Gasteiger partial charge in [0.1, 0.15) is 18.1 Å². The van der Waals surface area contributed by atoms with Crippen LogP contribution in [0.25, 0.3) is 16.4 Å². The number of benzene rings is 1. The van der Waals surface area contributed by atoms with Crippen molar-refractivity contribution in [1.82, 2.24) is 24.7 Å². The maximum Gasteiger partial charge on any atom is 0.305 e. The fraction of sp³-hybridized carbons (Fsp3) is 0.0588. The molecule has 0 spiro atoms. The smallest absolute Gasteiger partial charge is 0.305 e. The summed E-state index contributed by atoms with van der Waals surface area (Å²) >= 11 is 2.70. The minimum Gasteiger partial charge on any atom is -0.495 e. The van der Waals surface area contributed by atoms with Crippen molar-refractivity contribution in [2.24, 2.45) is 0 Å². The van der Waals surface area contributed by atoms with Crippen LogP contribution >= 0.6 is 23.1 Å². The lowest BCUT2D eigenvalue weighted by Crippen LogP contribution is -2.02. The number of aromatic nitrogens is 5. The van der Waals surface area contributed by atoms with Gasteiger partial charge in [-0.3, -0.25) is 14.7 Å². The van der Waals surface area contributed by atoms with Crippen LogP contribution in [0.15, 0.2) is 64.5 Å². The van der Waals surface area contributed by atoms with E-state index in [1.807, 2.05) is 46.3 Å². The van der Waals surface area contributed by atoms with Gasteiger partial charge < -0.3 is 4.74 Å². The molecule has 0 N–H and O–H groups in total. The molecule has 0 unspecified atom stereocenters. The summed E-state index contributed by atoms with van der Waals surface area (Å²) in [6.07, 6.45) is 2.33. The molecule has 0 amide bonds. The second-order valence-corrected chi connectivity index (χ2v) is 7.26. The molecule has 3 aromatic heterocycles. The van der Waals surface area contributed by atoms with E-state index in [1.165, 1.54) is 12.4 Å². The quantitative estimate of drug-likeness (QED) is 0.267. The molecular weight excluding hydrogens is 400 g/mol. The summed E-state index contributed by atoms with van der Waals surface area (Å²) in [5.74, 6) is 1.32. The molecule has 0 fully saturated rings. The van der Waals surface area contributed by atoms with E-state index in [-0.39, 0.29) is 5.69 Å². The largest absolute Gasteiger partial charge is 0.495 e. The van der Waals surface area contributed by atoms with E-state index in [2.05, 4.69) is 20.2 Å². The Morgan fingerprint density at radius 1 is 1.14 bits per heavy atom. The van der Waals surface area contributed by atoms with E-state index in [1.54, 1.807) is 18.4 Å². The van der Waals surface area contributed by atoms with E-state index in [0.717, 1.165) is 22.3 Å². The Labute approximate surface area is 167 Å². The minimum absolute atomic E-state index is 0.171. The van der Waals surface area contributed by atoms with Crippen LogP contribution in [-0.2, 0) is 0 Å². The highest BCUT2D eigenvalue weighted by Gasteiger charge is 2.21. The Kier molecular flexibility index (Phi) is 5.00. The van der Waals surface area contributed by atoms with Crippen molar-refractivity contribution in [2.75, 3.05) is 7.11 Å². The van der Waals surface area contributed by atoms with Crippen molar-refractivity contribution >= 4 is 28.8 Å². The zero-order valence-corrected chi connectivity index (χ0v) is 16.1. The van der Waals surface area contributed by atoms with Gasteiger partial charge in [0.25, 0.3) is 0 Å². The highest BCUT2D eigenvalue weighted by Crippen LogP contribution is 2.35. The molecule has 0 saturated heterocycles. The second-order valence-electron chi connectivity index (χ2n) is 5.37. The van der Waals surface area contributed by atoms with Crippen LogP contribution in [0.5, 0.6) is 5.75 Å². The number of nitro groups is 1. The molecule has 0 bridgehead atoms. The van der Waals surface area contributed by atoms with Gasteiger partial charge in [-0.05, 0) is 35.3 Å². The SMILES string of the molecule is COc1ccccc1-n1c(Sc2ncc([N+](=O)[O-])cn2)nnc1-c1cccs1. The van der Waals surface area contributed by atoms with Gasteiger partial charge in [0.15, 0.2) is 11.0 Å². The number of para-hydroxylation sites is 2. The highest BCUT2D eigenvalue weighted by atomic mass is 32.2. The molecule has 0 atom stereocenters. The minimum atomic E-state index is -0.541. The van der Waals surface area contributed by atoms with Crippen molar-refractivity contribution in [1.29, 1.82) is 0 Å². The van der Waals surface area contributed by atoms with Gasteiger partial charge in [0.2, 0.25) is 5.16 Å². The molecule has 0 aliphatic heterocycles. The third-order valence-electron chi connectivity index (χ3n) is 3.71. The topological polar surface area (TPSA) is 109 Å². The number of nitrogens with zero attached hydrogens (tertiary/aromatic N) is 6. The second kappa shape index (κ2) is 7.74. The molecule has 4 rings (SSSR count). The molecular formula is C17H12N6O3S2. The van der Waals surface area contributed by atoms with Gasteiger partial charge in [0.05, 0.1) is 22.6 Å². The van der Waals surface area contributed by atoms with Crippen LogP contribution in [0.2, 0.25) is 0 Å². The molecule has 0 saturated carbocycles. The predicted octanol–water partition coefficient (Wildman–Crippen LogP) is 3.85. The Morgan fingerprint density at radius 3 is 2.61 bits per heavy atom. The third-order valence-corrected chi connectivity index (χ3v) is 5.41. The van der Waals surface area contributed by atoms with Crippen LogP contribution in [0.4, 0.5) is 5.69 Å². The lowest BCUT2D eigenvalue weighted by atomic mass is 10.3. The fourth-order valence-corrected chi connectivity index (χ4v) is 3.90. The fourth-order valence-electron chi connectivity index (χ4n) is 2.47. The zero-order chi connectivity index (χ0) is 19.5. The van der Waals surface area contributed by atoms with Gasteiger partial charge in [-0.15, -0.1) is 21.5 Å². The lowest BCUT2D eigenvalue weighted by Gasteiger charge is -2.12. The van der Waals surface area contributed by atoms with Crippen LogP contribution < -0.4 is 4.74 Å². The molecule has 0 aliphatic carbocycles. The van der Waals surface area contributed by atoms with Gasteiger partial charge in [-0.25, -0.2) is 9.97 Å². The Bertz CT molecular complexity index is 1110. The van der Waals surface area contributed by atoms with Gasteiger partial charge >= 0.3 is 5.69 Å². The number of methoxy groups -OCH3 is 1. The van der Waals surface area contributed by atoms with Crippen molar-refractivity contribution < 1.29 is 9.66 Å². The first-order chi connectivity index (χ1) is 13.7. The summed E-state index contributed by atoms with van der Waals surface area (Å²) in [6, 6.07) is 11.4.